The van der Waals surface area contributed by atoms with Gasteiger partial charge in [0.05, 0.1) is 6.10 Å². The summed E-state index contributed by atoms with van der Waals surface area (Å²) in [5.41, 5.74) is 0.809. The second kappa shape index (κ2) is 5.45. The van der Waals surface area contributed by atoms with Gasteiger partial charge in [-0.15, -0.1) is 0 Å². The summed E-state index contributed by atoms with van der Waals surface area (Å²) in [6.07, 6.45) is 8.91. The number of aliphatic hydroxyl groups excluding tert-OH is 1. The molecule has 1 aromatic rings. The first-order valence-electron chi connectivity index (χ1n) is 7.35. The topological polar surface area (TPSA) is 29.5 Å². The van der Waals surface area contributed by atoms with Gasteiger partial charge in [-0.3, -0.25) is 0 Å². The molecule has 1 aliphatic heterocycles. The van der Waals surface area contributed by atoms with E-state index in [1.165, 1.54) is 32.1 Å². The lowest BCUT2D eigenvalue weighted by atomic mass is 9.79. The van der Waals surface area contributed by atoms with Crippen LogP contribution in [0.3, 0.4) is 0 Å². The van der Waals surface area contributed by atoms with Gasteiger partial charge in [-0.1, -0.05) is 41.3 Å². The summed E-state index contributed by atoms with van der Waals surface area (Å²) in [4.78, 5) is 0. The van der Waals surface area contributed by atoms with Crippen LogP contribution >= 0.6 is 15.9 Å². The standard InChI is InChI=1S/C16H21BrO2/c17-12-6-7-13-14(18)11-16(19-15(13)10-12)8-4-2-1-3-5-9-16/h6-7,10,14,18H,1-5,8-9,11H2/t14-/m0/s1. The van der Waals surface area contributed by atoms with E-state index in [0.29, 0.717) is 0 Å². The summed E-state index contributed by atoms with van der Waals surface area (Å²) >= 11 is 3.49. The van der Waals surface area contributed by atoms with Crippen LogP contribution < -0.4 is 4.74 Å². The van der Waals surface area contributed by atoms with Gasteiger partial charge in [0.1, 0.15) is 11.4 Å². The van der Waals surface area contributed by atoms with Crippen molar-refractivity contribution >= 4 is 15.9 Å². The zero-order valence-electron chi connectivity index (χ0n) is 11.2. The van der Waals surface area contributed by atoms with Crippen molar-refractivity contribution in [2.45, 2.75) is 63.1 Å². The van der Waals surface area contributed by atoms with E-state index >= 15 is 0 Å². The summed E-state index contributed by atoms with van der Waals surface area (Å²) in [5.74, 6) is 0.869. The van der Waals surface area contributed by atoms with Gasteiger partial charge < -0.3 is 9.84 Å². The van der Waals surface area contributed by atoms with E-state index in [0.717, 1.165) is 35.0 Å². The van der Waals surface area contributed by atoms with Crippen molar-refractivity contribution in [1.29, 1.82) is 0 Å². The van der Waals surface area contributed by atoms with Crippen LogP contribution in [-0.4, -0.2) is 10.7 Å². The van der Waals surface area contributed by atoms with E-state index in [4.69, 9.17) is 4.74 Å². The molecule has 19 heavy (non-hydrogen) atoms. The summed E-state index contributed by atoms with van der Waals surface area (Å²) in [6, 6.07) is 5.94. The van der Waals surface area contributed by atoms with Crippen molar-refractivity contribution < 1.29 is 9.84 Å². The Balaban J connectivity index is 1.89. The number of ether oxygens (including phenoxy) is 1. The van der Waals surface area contributed by atoms with Crippen LogP contribution in [0.1, 0.15) is 63.0 Å². The molecule has 0 radical (unpaired) electrons. The van der Waals surface area contributed by atoms with Crippen molar-refractivity contribution in [2.75, 3.05) is 0 Å². The van der Waals surface area contributed by atoms with Crippen molar-refractivity contribution in [3.05, 3.63) is 28.2 Å². The average molecular weight is 325 g/mol. The molecule has 3 rings (SSSR count). The van der Waals surface area contributed by atoms with E-state index in [-0.39, 0.29) is 11.7 Å². The fraction of sp³-hybridized carbons (Fsp3) is 0.625. The largest absolute Gasteiger partial charge is 0.487 e. The number of hydrogen-bond donors (Lipinski definition) is 1. The minimum Gasteiger partial charge on any atom is -0.487 e. The molecule has 1 N–H and O–H groups in total. The Labute approximate surface area is 123 Å². The summed E-state index contributed by atoms with van der Waals surface area (Å²) in [5, 5.41) is 10.4. The molecule has 0 bridgehead atoms. The normalized spacial score (nSPS) is 26.1. The van der Waals surface area contributed by atoms with Crippen LogP contribution in [0.2, 0.25) is 0 Å². The van der Waals surface area contributed by atoms with E-state index in [9.17, 15) is 5.11 Å². The molecule has 1 spiro atoms. The molecule has 1 atom stereocenters. The molecular formula is C16H21BrO2. The van der Waals surface area contributed by atoms with Crippen LogP contribution in [0.25, 0.3) is 0 Å². The number of rotatable bonds is 0. The Hall–Kier alpha value is -0.540. The maximum atomic E-state index is 10.4. The summed E-state index contributed by atoms with van der Waals surface area (Å²) in [6.45, 7) is 0. The number of hydrogen-bond acceptors (Lipinski definition) is 2. The molecule has 2 nitrogen and oxygen atoms in total. The van der Waals surface area contributed by atoms with Crippen LogP contribution in [0, 0.1) is 0 Å². The highest BCUT2D eigenvalue weighted by atomic mass is 79.9. The third-order valence-corrected chi connectivity index (χ3v) is 4.98. The van der Waals surface area contributed by atoms with Gasteiger partial charge in [0.15, 0.2) is 0 Å². The Kier molecular flexibility index (Phi) is 3.86. The van der Waals surface area contributed by atoms with Gasteiger partial charge in [-0.25, -0.2) is 0 Å². The molecule has 0 saturated heterocycles. The maximum absolute atomic E-state index is 10.4. The molecule has 104 valence electrons. The quantitative estimate of drug-likeness (QED) is 0.746. The third kappa shape index (κ3) is 2.82. The second-order valence-electron chi connectivity index (χ2n) is 5.95. The third-order valence-electron chi connectivity index (χ3n) is 4.49. The number of aliphatic hydroxyl groups is 1. The van der Waals surface area contributed by atoms with E-state index in [2.05, 4.69) is 15.9 Å². The number of halogens is 1. The summed E-state index contributed by atoms with van der Waals surface area (Å²) in [7, 11) is 0. The number of benzene rings is 1. The molecule has 2 aliphatic rings. The first kappa shape index (κ1) is 13.4. The van der Waals surface area contributed by atoms with Crippen LogP contribution in [0.4, 0.5) is 0 Å². The molecular weight excluding hydrogens is 304 g/mol. The molecule has 0 aromatic heterocycles. The smallest absolute Gasteiger partial charge is 0.127 e. The zero-order chi connectivity index (χ0) is 13.3. The molecule has 1 aromatic carbocycles. The first-order valence-corrected chi connectivity index (χ1v) is 8.14. The van der Waals surface area contributed by atoms with Gasteiger partial charge in [-0.2, -0.15) is 0 Å². The predicted octanol–water partition coefficient (Wildman–Crippen LogP) is 4.75. The minimum atomic E-state index is -0.378. The molecule has 1 fully saturated rings. The lowest BCUT2D eigenvalue weighted by Gasteiger charge is -2.42. The molecule has 3 heteroatoms. The van der Waals surface area contributed by atoms with Crippen LogP contribution in [0.5, 0.6) is 5.75 Å². The van der Waals surface area contributed by atoms with Gasteiger partial charge in [0.2, 0.25) is 0 Å². The maximum Gasteiger partial charge on any atom is 0.127 e. The zero-order valence-corrected chi connectivity index (χ0v) is 12.8. The average Bonchev–Trinajstić information content (AvgIpc) is 2.34. The lowest BCUT2D eigenvalue weighted by Crippen LogP contribution is -2.41. The van der Waals surface area contributed by atoms with Gasteiger partial charge >= 0.3 is 0 Å². The number of fused-ring (bicyclic) bond motifs is 1. The lowest BCUT2D eigenvalue weighted by molar-refractivity contribution is -0.0313. The SMILES string of the molecule is O[C@H]1CC2(CCCCCCC2)Oc2cc(Br)ccc21. The first-order chi connectivity index (χ1) is 9.19. The molecule has 0 amide bonds. The molecule has 0 unspecified atom stereocenters. The summed E-state index contributed by atoms with van der Waals surface area (Å²) < 4.78 is 7.37. The highest BCUT2D eigenvalue weighted by Crippen LogP contribution is 2.45. The van der Waals surface area contributed by atoms with Crippen molar-refractivity contribution in [3.8, 4) is 5.75 Å². The monoisotopic (exact) mass is 324 g/mol. The molecule has 1 heterocycles. The molecule has 1 aliphatic carbocycles. The Morgan fingerprint density at radius 1 is 1.11 bits per heavy atom. The van der Waals surface area contributed by atoms with Gasteiger partial charge in [0, 0.05) is 16.5 Å². The van der Waals surface area contributed by atoms with Gasteiger partial charge in [-0.05, 0) is 37.8 Å². The van der Waals surface area contributed by atoms with Crippen LogP contribution in [-0.2, 0) is 0 Å². The van der Waals surface area contributed by atoms with Crippen molar-refractivity contribution in [2.24, 2.45) is 0 Å². The van der Waals surface area contributed by atoms with E-state index in [1.54, 1.807) is 0 Å². The Bertz CT molecular complexity index is 450. The van der Waals surface area contributed by atoms with E-state index in [1.807, 2.05) is 18.2 Å². The van der Waals surface area contributed by atoms with Crippen LogP contribution in [0.15, 0.2) is 22.7 Å². The second-order valence-corrected chi connectivity index (χ2v) is 6.87. The molecule has 1 saturated carbocycles. The van der Waals surface area contributed by atoms with E-state index < -0.39 is 0 Å². The fourth-order valence-electron chi connectivity index (χ4n) is 3.46. The minimum absolute atomic E-state index is 0.131. The van der Waals surface area contributed by atoms with Crippen molar-refractivity contribution in [1.82, 2.24) is 0 Å². The fourth-order valence-corrected chi connectivity index (χ4v) is 3.81. The predicted molar refractivity (Wildman–Crippen MR) is 79.4 cm³/mol. The Morgan fingerprint density at radius 2 is 1.79 bits per heavy atom. The van der Waals surface area contributed by atoms with Crippen molar-refractivity contribution in [3.63, 3.8) is 0 Å². The highest BCUT2D eigenvalue weighted by molar-refractivity contribution is 9.10. The Morgan fingerprint density at radius 3 is 2.53 bits per heavy atom. The highest BCUT2D eigenvalue weighted by Gasteiger charge is 2.40. The van der Waals surface area contributed by atoms with Gasteiger partial charge in [0.25, 0.3) is 0 Å².